The Balaban J connectivity index is 1.97. The Hall–Kier alpha value is -0.810. The van der Waals surface area contributed by atoms with Gasteiger partial charge in [0.1, 0.15) is 5.58 Å². The highest BCUT2D eigenvalue weighted by molar-refractivity contribution is 9.11. The van der Waals surface area contributed by atoms with Crippen LogP contribution in [0.25, 0.3) is 11.0 Å². The Morgan fingerprint density at radius 2 is 2.16 bits per heavy atom. The molecule has 19 heavy (non-hydrogen) atoms. The molecule has 1 fully saturated rings. The molecule has 0 N–H and O–H groups in total. The first-order valence-corrected chi connectivity index (χ1v) is 7.81. The monoisotopic (exact) mass is 385 g/mol. The molecule has 0 radical (unpaired) electrons. The normalized spacial score (nSPS) is 19.3. The molecule has 1 aliphatic rings. The summed E-state index contributed by atoms with van der Waals surface area (Å²) in [5.74, 6) is 0.987. The number of nitrogens with zero attached hydrogens (tertiary/aromatic N) is 1. The van der Waals surface area contributed by atoms with E-state index in [1.54, 1.807) is 0 Å². The Morgan fingerprint density at radius 3 is 2.84 bits per heavy atom. The number of carbonyl (C=O) groups is 1. The highest BCUT2D eigenvalue weighted by Crippen LogP contribution is 2.31. The van der Waals surface area contributed by atoms with Crippen molar-refractivity contribution in [2.75, 3.05) is 13.1 Å². The first kappa shape index (κ1) is 13.2. The van der Waals surface area contributed by atoms with Gasteiger partial charge in [0.15, 0.2) is 5.76 Å². The van der Waals surface area contributed by atoms with Crippen molar-refractivity contribution >= 4 is 48.7 Å². The maximum absolute atomic E-state index is 12.4. The summed E-state index contributed by atoms with van der Waals surface area (Å²) in [6.07, 6.45) is 1.07. The molecular weight excluding hydrogens is 374 g/mol. The van der Waals surface area contributed by atoms with Gasteiger partial charge in [-0.15, -0.1) is 0 Å². The van der Waals surface area contributed by atoms with Gasteiger partial charge in [-0.3, -0.25) is 4.79 Å². The summed E-state index contributed by atoms with van der Waals surface area (Å²) in [7, 11) is 0. The van der Waals surface area contributed by atoms with Gasteiger partial charge >= 0.3 is 0 Å². The molecule has 1 aliphatic heterocycles. The van der Waals surface area contributed by atoms with Gasteiger partial charge in [0.25, 0.3) is 5.91 Å². The minimum atomic E-state index is -0.0106. The van der Waals surface area contributed by atoms with Crippen LogP contribution in [0.5, 0.6) is 0 Å². The minimum Gasteiger partial charge on any atom is -0.450 e. The molecule has 0 saturated carbocycles. The van der Waals surface area contributed by atoms with Gasteiger partial charge in [-0.05, 0) is 46.5 Å². The van der Waals surface area contributed by atoms with Crippen molar-refractivity contribution in [2.45, 2.75) is 13.3 Å². The predicted molar refractivity (Wildman–Crippen MR) is 81.3 cm³/mol. The van der Waals surface area contributed by atoms with Gasteiger partial charge in [-0.2, -0.15) is 0 Å². The molecule has 1 aromatic carbocycles. The number of amides is 1. The summed E-state index contributed by atoms with van der Waals surface area (Å²) in [6.45, 7) is 3.81. The zero-order chi connectivity index (χ0) is 13.6. The van der Waals surface area contributed by atoms with Crippen LogP contribution in [0.1, 0.15) is 23.9 Å². The average molecular weight is 387 g/mol. The third-order valence-corrected chi connectivity index (χ3v) is 4.50. The fourth-order valence-electron chi connectivity index (χ4n) is 2.46. The van der Waals surface area contributed by atoms with Crippen molar-refractivity contribution in [1.29, 1.82) is 0 Å². The maximum atomic E-state index is 12.4. The molecule has 5 heteroatoms. The van der Waals surface area contributed by atoms with Crippen LogP contribution in [0.15, 0.2) is 31.6 Å². The molecule has 1 unspecified atom stereocenters. The van der Waals surface area contributed by atoms with Crippen LogP contribution in [0.3, 0.4) is 0 Å². The second kappa shape index (κ2) is 4.94. The summed E-state index contributed by atoms with van der Waals surface area (Å²) in [5, 5.41) is 0.928. The number of hydrogen-bond acceptors (Lipinski definition) is 2. The molecule has 100 valence electrons. The largest absolute Gasteiger partial charge is 0.450 e. The first-order chi connectivity index (χ1) is 9.04. The van der Waals surface area contributed by atoms with Gasteiger partial charge in [-0.1, -0.05) is 22.9 Å². The molecule has 3 rings (SSSR count). The number of rotatable bonds is 1. The third-order valence-electron chi connectivity index (χ3n) is 3.46. The minimum absolute atomic E-state index is 0.0106. The predicted octanol–water partition coefficient (Wildman–Crippen LogP) is 4.44. The number of benzene rings is 1. The smallest absolute Gasteiger partial charge is 0.289 e. The summed E-state index contributed by atoms with van der Waals surface area (Å²) < 4.78 is 7.52. The second-order valence-corrected chi connectivity index (χ2v) is 6.83. The fourth-order valence-corrected chi connectivity index (χ4v) is 3.80. The second-order valence-electron chi connectivity index (χ2n) is 5.06. The summed E-state index contributed by atoms with van der Waals surface area (Å²) in [5.41, 5.74) is 0.721. The van der Waals surface area contributed by atoms with E-state index in [9.17, 15) is 4.79 Å². The molecule has 3 nitrogen and oxygen atoms in total. The number of carbonyl (C=O) groups excluding carboxylic acids is 1. The number of hydrogen-bond donors (Lipinski definition) is 0. The van der Waals surface area contributed by atoms with E-state index < -0.39 is 0 Å². The lowest BCUT2D eigenvalue weighted by Gasteiger charge is -2.13. The number of furan rings is 1. The van der Waals surface area contributed by atoms with E-state index in [-0.39, 0.29) is 5.91 Å². The van der Waals surface area contributed by atoms with Crippen LogP contribution in [0, 0.1) is 5.92 Å². The van der Waals surface area contributed by atoms with Crippen LogP contribution in [0.4, 0.5) is 0 Å². The SMILES string of the molecule is CC1CCN(C(=O)c2cc3cc(Br)cc(Br)c3o2)C1. The number of halogens is 2. The Morgan fingerprint density at radius 1 is 1.37 bits per heavy atom. The maximum Gasteiger partial charge on any atom is 0.289 e. The Kier molecular flexibility index (Phi) is 3.43. The number of fused-ring (bicyclic) bond motifs is 1. The topological polar surface area (TPSA) is 33.5 Å². The van der Waals surface area contributed by atoms with Crippen molar-refractivity contribution in [3.63, 3.8) is 0 Å². The van der Waals surface area contributed by atoms with Crippen molar-refractivity contribution < 1.29 is 9.21 Å². The van der Waals surface area contributed by atoms with E-state index in [1.165, 1.54) is 0 Å². The van der Waals surface area contributed by atoms with E-state index in [2.05, 4.69) is 38.8 Å². The van der Waals surface area contributed by atoms with E-state index in [4.69, 9.17) is 4.42 Å². The highest BCUT2D eigenvalue weighted by atomic mass is 79.9. The first-order valence-electron chi connectivity index (χ1n) is 6.22. The zero-order valence-corrected chi connectivity index (χ0v) is 13.6. The lowest BCUT2D eigenvalue weighted by Crippen LogP contribution is -2.27. The zero-order valence-electron chi connectivity index (χ0n) is 10.5. The molecular formula is C14H13Br2NO2. The van der Waals surface area contributed by atoms with Gasteiger partial charge in [0.05, 0.1) is 4.47 Å². The summed E-state index contributed by atoms with van der Waals surface area (Å²) in [4.78, 5) is 14.2. The molecule has 0 bridgehead atoms. The molecule has 1 saturated heterocycles. The van der Waals surface area contributed by atoms with E-state index in [1.807, 2.05) is 23.1 Å². The van der Waals surface area contributed by atoms with Crippen LogP contribution in [-0.2, 0) is 0 Å². The molecule has 1 atom stereocenters. The molecule has 1 aromatic heterocycles. The fraction of sp³-hybridized carbons (Fsp3) is 0.357. The van der Waals surface area contributed by atoms with Gasteiger partial charge in [-0.25, -0.2) is 0 Å². The van der Waals surface area contributed by atoms with Crippen LogP contribution < -0.4 is 0 Å². The third kappa shape index (κ3) is 2.46. The molecule has 0 spiro atoms. The molecule has 2 aromatic rings. The van der Waals surface area contributed by atoms with Gasteiger partial charge in [0, 0.05) is 22.9 Å². The lowest BCUT2D eigenvalue weighted by molar-refractivity contribution is 0.0759. The van der Waals surface area contributed by atoms with Crippen molar-refractivity contribution in [3.8, 4) is 0 Å². The van der Waals surface area contributed by atoms with Crippen molar-refractivity contribution in [2.24, 2.45) is 5.92 Å². The quantitative estimate of drug-likeness (QED) is 0.725. The van der Waals surface area contributed by atoms with E-state index in [0.29, 0.717) is 11.7 Å². The summed E-state index contributed by atoms with van der Waals surface area (Å²) in [6, 6.07) is 5.68. The molecule has 0 aliphatic carbocycles. The van der Waals surface area contributed by atoms with E-state index in [0.717, 1.165) is 39.4 Å². The highest BCUT2D eigenvalue weighted by Gasteiger charge is 2.26. The molecule has 1 amide bonds. The van der Waals surface area contributed by atoms with Crippen LogP contribution in [0.2, 0.25) is 0 Å². The van der Waals surface area contributed by atoms with Crippen LogP contribution in [-0.4, -0.2) is 23.9 Å². The number of likely N-dealkylation sites (tertiary alicyclic amines) is 1. The standard InChI is InChI=1S/C14H13Br2NO2/c1-8-2-3-17(7-8)14(18)12-5-9-4-10(15)6-11(16)13(9)19-12/h4-6,8H,2-3,7H2,1H3. The lowest BCUT2D eigenvalue weighted by atomic mass is 10.2. The molecule has 2 heterocycles. The van der Waals surface area contributed by atoms with Gasteiger partial charge in [0.2, 0.25) is 0 Å². The van der Waals surface area contributed by atoms with Crippen LogP contribution >= 0.6 is 31.9 Å². The Bertz CT molecular complexity index is 650. The van der Waals surface area contributed by atoms with Crippen molar-refractivity contribution in [3.05, 3.63) is 32.9 Å². The Labute approximate surface area is 128 Å². The van der Waals surface area contributed by atoms with Gasteiger partial charge < -0.3 is 9.32 Å². The van der Waals surface area contributed by atoms with Crippen molar-refractivity contribution in [1.82, 2.24) is 4.90 Å². The summed E-state index contributed by atoms with van der Waals surface area (Å²) >= 11 is 6.89. The average Bonchev–Trinajstić information content (AvgIpc) is 2.94. The van der Waals surface area contributed by atoms with E-state index >= 15 is 0 Å².